The smallest absolute Gasteiger partial charge is 0.126 e. The zero-order chi connectivity index (χ0) is 12.5. The van der Waals surface area contributed by atoms with E-state index in [4.69, 9.17) is 0 Å². The average Bonchev–Trinajstić information content (AvgIpc) is 2.33. The van der Waals surface area contributed by atoms with Crippen molar-refractivity contribution in [3.8, 4) is 0 Å². The van der Waals surface area contributed by atoms with Gasteiger partial charge < -0.3 is 5.11 Å². The van der Waals surface area contributed by atoms with Gasteiger partial charge in [0.25, 0.3) is 0 Å². The van der Waals surface area contributed by atoms with Crippen molar-refractivity contribution < 1.29 is 9.50 Å². The Labute approximate surface area is 103 Å². The van der Waals surface area contributed by atoms with E-state index < -0.39 is 6.10 Å². The highest BCUT2D eigenvalue weighted by Crippen LogP contribution is 2.45. The summed E-state index contributed by atoms with van der Waals surface area (Å²) in [4.78, 5) is 0. The molecule has 2 rings (SSSR count). The summed E-state index contributed by atoms with van der Waals surface area (Å²) < 4.78 is 13.2. The lowest BCUT2D eigenvalue weighted by atomic mass is 9.70. The van der Waals surface area contributed by atoms with E-state index in [1.54, 1.807) is 19.1 Å². The number of hydrogen-bond donors (Lipinski definition) is 1. The van der Waals surface area contributed by atoms with Crippen LogP contribution in [0.1, 0.15) is 56.3 Å². The van der Waals surface area contributed by atoms with Crippen LogP contribution in [0.4, 0.5) is 4.39 Å². The summed E-state index contributed by atoms with van der Waals surface area (Å²) >= 11 is 0. The molecular formula is C15H21FO. The zero-order valence-electron chi connectivity index (χ0n) is 10.7. The standard InChI is InChI=1S/C15H21FO/c1-11-10-12(6-7-13(11)16)14(17)15(2)8-4-3-5-9-15/h6-7,10,14,17H,3-5,8-9H2,1-2H3. The van der Waals surface area contributed by atoms with Crippen LogP contribution in [0.15, 0.2) is 18.2 Å². The van der Waals surface area contributed by atoms with Crippen molar-refractivity contribution >= 4 is 0 Å². The highest BCUT2D eigenvalue weighted by Gasteiger charge is 2.35. The predicted octanol–water partition coefficient (Wildman–Crippen LogP) is 4.14. The van der Waals surface area contributed by atoms with Gasteiger partial charge in [-0.05, 0) is 42.4 Å². The fraction of sp³-hybridized carbons (Fsp3) is 0.600. The van der Waals surface area contributed by atoms with E-state index in [0.29, 0.717) is 5.56 Å². The molecule has 1 N–H and O–H groups in total. The van der Waals surface area contributed by atoms with E-state index in [0.717, 1.165) is 18.4 Å². The van der Waals surface area contributed by atoms with Crippen LogP contribution in [0.5, 0.6) is 0 Å². The highest BCUT2D eigenvalue weighted by molar-refractivity contribution is 5.26. The molecule has 0 bridgehead atoms. The molecule has 0 heterocycles. The first-order valence-corrected chi connectivity index (χ1v) is 6.47. The second kappa shape index (κ2) is 4.77. The topological polar surface area (TPSA) is 20.2 Å². The zero-order valence-corrected chi connectivity index (χ0v) is 10.7. The molecule has 1 aliphatic rings. The molecule has 0 spiro atoms. The van der Waals surface area contributed by atoms with Crippen molar-refractivity contribution in [2.24, 2.45) is 5.41 Å². The van der Waals surface area contributed by atoms with Gasteiger partial charge in [-0.25, -0.2) is 4.39 Å². The normalized spacial score (nSPS) is 21.2. The lowest BCUT2D eigenvalue weighted by molar-refractivity contribution is 0.00811. The molecule has 1 nitrogen and oxygen atoms in total. The van der Waals surface area contributed by atoms with Gasteiger partial charge in [-0.1, -0.05) is 38.3 Å². The second-order valence-electron chi connectivity index (χ2n) is 5.63. The summed E-state index contributed by atoms with van der Waals surface area (Å²) in [5.41, 5.74) is 1.43. The third-order valence-electron chi connectivity index (χ3n) is 4.15. The summed E-state index contributed by atoms with van der Waals surface area (Å²) in [6.07, 6.45) is 5.30. The maximum absolute atomic E-state index is 13.2. The maximum atomic E-state index is 13.2. The van der Waals surface area contributed by atoms with Gasteiger partial charge >= 0.3 is 0 Å². The van der Waals surface area contributed by atoms with Gasteiger partial charge in [0.2, 0.25) is 0 Å². The summed E-state index contributed by atoms with van der Waals surface area (Å²) in [6.45, 7) is 3.89. The fourth-order valence-corrected chi connectivity index (χ4v) is 2.87. The van der Waals surface area contributed by atoms with Crippen LogP contribution in [-0.4, -0.2) is 5.11 Å². The molecule has 17 heavy (non-hydrogen) atoms. The van der Waals surface area contributed by atoms with Gasteiger partial charge in [0.1, 0.15) is 5.82 Å². The third-order valence-corrected chi connectivity index (χ3v) is 4.15. The van der Waals surface area contributed by atoms with E-state index in [9.17, 15) is 9.50 Å². The monoisotopic (exact) mass is 236 g/mol. The molecule has 1 aromatic rings. The second-order valence-corrected chi connectivity index (χ2v) is 5.63. The first-order chi connectivity index (χ1) is 8.03. The molecule has 1 aromatic carbocycles. The minimum absolute atomic E-state index is 0.0392. The van der Waals surface area contributed by atoms with Crippen molar-refractivity contribution in [3.05, 3.63) is 35.1 Å². The largest absolute Gasteiger partial charge is 0.388 e. The maximum Gasteiger partial charge on any atom is 0.126 e. The molecule has 1 aliphatic carbocycles. The van der Waals surface area contributed by atoms with Crippen LogP contribution < -0.4 is 0 Å². The Bertz CT molecular complexity index is 394. The summed E-state index contributed by atoms with van der Waals surface area (Å²) in [5, 5.41) is 10.5. The Morgan fingerprint density at radius 2 is 1.88 bits per heavy atom. The minimum atomic E-state index is -0.470. The van der Waals surface area contributed by atoms with Crippen molar-refractivity contribution in [2.45, 2.75) is 52.1 Å². The molecule has 2 heteroatoms. The minimum Gasteiger partial charge on any atom is -0.388 e. The Morgan fingerprint density at radius 3 is 2.47 bits per heavy atom. The van der Waals surface area contributed by atoms with Crippen molar-refractivity contribution in [2.75, 3.05) is 0 Å². The summed E-state index contributed by atoms with van der Waals surface area (Å²) in [7, 11) is 0. The molecule has 1 saturated carbocycles. The van der Waals surface area contributed by atoms with Crippen LogP contribution >= 0.6 is 0 Å². The van der Waals surface area contributed by atoms with Crippen molar-refractivity contribution in [3.63, 3.8) is 0 Å². The molecule has 0 radical (unpaired) electrons. The van der Waals surface area contributed by atoms with E-state index in [1.165, 1.54) is 25.3 Å². The van der Waals surface area contributed by atoms with Crippen LogP contribution in [-0.2, 0) is 0 Å². The molecule has 0 aromatic heterocycles. The van der Waals surface area contributed by atoms with Gasteiger partial charge in [-0.15, -0.1) is 0 Å². The van der Waals surface area contributed by atoms with Gasteiger partial charge in [0, 0.05) is 0 Å². The average molecular weight is 236 g/mol. The first-order valence-electron chi connectivity index (χ1n) is 6.47. The van der Waals surface area contributed by atoms with Crippen LogP contribution in [0.25, 0.3) is 0 Å². The molecule has 1 atom stereocenters. The molecule has 0 saturated heterocycles. The molecule has 0 aliphatic heterocycles. The van der Waals surface area contributed by atoms with Crippen LogP contribution in [0, 0.1) is 18.2 Å². The Hall–Kier alpha value is -0.890. The van der Waals surface area contributed by atoms with Gasteiger partial charge in [-0.3, -0.25) is 0 Å². The number of aliphatic hydroxyl groups is 1. The number of benzene rings is 1. The van der Waals surface area contributed by atoms with Crippen molar-refractivity contribution in [1.29, 1.82) is 0 Å². The first kappa shape index (κ1) is 12.6. The van der Waals surface area contributed by atoms with Crippen LogP contribution in [0.2, 0.25) is 0 Å². The Morgan fingerprint density at radius 1 is 1.24 bits per heavy atom. The highest BCUT2D eigenvalue weighted by atomic mass is 19.1. The Kier molecular flexibility index (Phi) is 3.53. The lowest BCUT2D eigenvalue weighted by Crippen LogP contribution is -2.28. The molecular weight excluding hydrogens is 215 g/mol. The lowest BCUT2D eigenvalue weighted by Gasteiger charge is -2.38. The summed E-state index contributed by atoms with van der Waals surface area (Å²) in [6, 6.07) is 4.95. The van der Waals surface area contributed by atoms with Gasteiger partial charge in [0.15, 0.2) is 0 Å². The number of halogens is 1. The molecule has 1 fully saturated rings. The number of aliphatic hydroxyl groups excluding tert-OH is 1. The van der Waals surface area contributed by atoms with Gasteiger partial charge in [-0.2, -0.15) is 0 Å². The van der Waals surface area contributed by atoms with E-state index in [-0.39, 0.29) is 11.2 Å². The fourth-order valence-electron chi connectivity index (χ4n) is 2.87. The number of rotatable bonds is 2. The van der Waals surface area contributed by atoms with E-state index in [2.05, 4.69) is 6.92 Å². The van der Waals surface area contributed by atoms with Crippen LogP contribution in [0.3, 0.4) is 0 Å². The van der Waals surface area contributed by atoms with E-state index >= 15 is 0 Å². The molecule has 1 unspecified atom stereocenters. The Balaban J connectivity index is 2.23. The molecule has 94 valence electrons. The summed E-state index contributed by atoms with van der Waals surface area (Å²) in [5.74, 6) is -0.199. The number of aryl methyl sites for hydroxylation is 1. The molecule has 0 amide bonds. The SMILES string of the molecule is Cc1cc(C(O)C2(C)CCCCC2)ccc1F. The van der Waals surface area contributed by atoms with Crippen molar-refractivity contribution in [1.82, 2.24) is 0 Å². The number of hydrogen-bond acceptors (Lipinski definition) is 1. The van der Waals surface area contributed by atoms with Gasteiger partial charge in [0.05, 0.1) is 6.10 Å². The third kappa shape index (κ3) is 2.52. The quantitative estimate of drug-likeness (QED) is 0.818. The predicted molar refractivity (Wildman–Crippen MR) is 67.3 cm³/mol. The van der Waals surface area contributed by atoms with E-state index in [1.807, 2.05) is 0 Å².